The molecule has 2 rings (SSSR count). The van der Waals surface area contributed by atoms with Crippen LogP contribution >= 0.6 is 0 Å². The monoisotopic (exact) mass is 318 g/mol. The molecule has 1 aliphatic heterocycles. The Morgan fingerprint density at radius 3 is 2.30 bits per heavy atom. The van der Waals surface area contributed by atoms with E-state index < -0.39 is 17.7 Å². The summed E-state index contributed by atoms with van der Waals surface area (Å²) in [6, 6.07) is 5.01. The molecule has 0 saturated carbocycles. The summed E-state index contributed by atoms with van der Waals surface area (Å²) in [4.78, 5) is 35.2. The summed E-state index contributed by atoms with van der Waals surface area (Å²) >= 11 is 0. The number of ether oxygens (including phenoxy) is 2. The molecule has 1 aromatic carbocycles. The Morgan fingerprint density at radius 2 is 1.78 bits per heavy atom. The fourth-order valence-electron chi connectivity index (χ4n) is 2.04. The maximum absolute atomic E-state index is 11.8. The van der Waals surface area contributed by atoms with E-state index in [0.717, 1.165) is 5.56 Å². The van der Waals surface area contributed by atoms with E-state index in [1.54, 1.807) is 32.2 Å². The molecule has 1 heterocycles. The second kappa shape index (κ2) is 6.12. The van der Waals surface area contributed by atoms with Gasteiger partial charge in [0.25, 0.3) is 11.7 Å². The molecule has 0 aromatic heterocycles. The summed E-state index contributed by atoms with van der Waals surface area (Å²) in [6.45, 7) is 4.76. The van der Waals surface area contributed by atoms with Gasteiger partial charge >= 0.3 is 11.9 Å². The number of carbonyl (C=O) groups is 3. The van der Waals surface area contributed by atoms with Crippen molar-refractivity contribution in [2.45, 2.75) is 26.6 Å². The maximum Gasteiger partial charge on any atom is 0.350 e. The predicted octanol–water partition coefficient (Wildman–Crippen LogP) is 1.49. The first kappa shape index (κ1) is 16.5. The van der Waals surface area contributed by atoms with Gasteiger partial charge in [0, 0.05) is 38.3 Å². The van der Waals surface area contributed by atoms with Crippen LogP contribution in [-0.2, 0) is 19.1 Å². The zero-order chi connectivity index (χ0) is 17.2. The molecule has 0 atom stereocenters. The summed E-state index contributed by atoms with van der Waals surface area (Å²) in [5.41, 5.74) is 1.72. The lowest BCUT2D eigenvalue weighted by Gasteiger charge is -2.29. The lowest BCUT2D eigenvalue weighted by molar-refractivity contribution is -0.222. The van der Waals surface area contributed by atoms with Crippen molar-refractivity contribution in [1.82, 2.24) is 5.32 Å². The average Bonchev–Trinajstić information content (AvgIpc) is 2.45. The number of amides is 1. The van der Waals surface area contributed by atoms with E-state index in [2.05, 4.69) is 10.6 Å². The van der Waals surface area contributed by atoms with Crippen molar-refractivity contribution in [2.24, 2.45) is 0 Å². The minimum absolute atomic E-state index is 0.195. The predicted molar refractivity (Wildman–Crippen MR) is 82.5 cm³/mol. The van der Waals surface area contributed by atoms with Crippen molar-refractivity contribution in [3.8, 4) is 0 Å². The molecule has 7 heteroatoms. The largest absolute Gasteiger partial charge is 0.419 e. The van der Waals surface area contributed by atoms with Crippen molar-refractivity contribution in [3.63, 3.8) is 0 Å². The number of benzene rings is 1. The number of esters is 2. The van der Waals surface area contributed by atoms with Gasteiger partial charge in [-0.05, 0) is 30.7 Å². The first-order valence-corrected chi connectivity index (χ1v) is 6.99. The van der Waals surface area contributed by atoms with Crippen LogP contribution in [0.1, 0.15) is 29.8 Å². The third-order valence-corrected chi connectivity index (χ3v) is 3.20. The summed E-state index contributed by atoms with van der Waals surface area (Å²) < 4.78 is 9.99. The molecule has 0 aliphatic carbocycles. The van der Waals surface area contributed by atoms with Crippen molar-refractivity contribution < 1.29 is 23.9 Å². The minimum Gasteiger partial charge on any atom is -0.419 e. The zero-order valence-electron chi connectivity index (χ0n) is 13.4. The van der Waals surface area contributed by atoms with Crippen LogP contribution in [0.2, 0.25) is 0 Å². The molecule has 1 saturated heterocycles. The Hall–Kier alpha value is -2.83. The van der Waals surface area contributed by atoms with Crippen LogP contribution in [0.25, 0.3) is 0 Å². The normalized spacial score (nSPS) is 16.3. The Bertz CT molecular complexity index is 684. The van der Waals surface area contributed by atoms with Crippen molar-refractivity contribution >= 4 is 23.5 Å². The highest BCUT2D eigenvalue weighted by atomic mass is 16.7. The van der Waals surface area contributed by atoms with Gasteiger partial charge in [0.15, 0.2) is 5.57 Å². The van der Waals surface area contributed by atoms with Crippen molar-refractivity contribution in [1.29, 1.82) is 0 Å². The average molecular weight is 318 g/mol. The van der Waals surface area contributed by atoms with Gasteiger partial charge in [-0.1, -0.05) is 0 Å². The van der Waals surface area contributed by atoms with Crippen LogP contribution in [0.5, 0.6) is 0 Å². The molecule has 23 heavy (non-hydrogen) atoms. The minimum atomic E-state index is -1.27. The smallest absolute Gasteiger partial charge is 0.350 e. The molecular weight excluding hydrogens is 300 g/mol. The molecule has 0 bridgehead atoms. The summed E-state index contributed by atoms with van der Waals surface area (Å²) in [7, 11) is 1.55. The summed E-state index contributed by atoms with van der Waals surface area (Å²) in [6.07, 6.45) is 1.24. The number of nitrogens with one attached hydrogen (secondary N) is 2. The molecule has 0 radical (unpaired) electrons. The Balaban J connectivity index is 2.18. The van der Waals surface area contributed by atoms with Crippen molar-refractivity contribution in [2.75, 3.05) is 12.4 Å². The number of aryl methyl sites for hydroxylation is 1. The third kappa shape index (κ3) is 3.68. The van der Waals surface area contributed by atoms with Gasteiger partial charge in [-0.15, -0.1) is 0 Å². The molecule has 0 spiro atoms. The molecule has 1 aliphatic rings. The van der Waals surface area contributed by atoms with Gasteiger partial charge in [-0.2, -0.15) is 0 Å². The fourth-order valence-corrected chi connectivity index (χ4v) is 2.04. The lowest BCUT2D eigenvalue weighted by Crippen LogP contribution is -2.42. The van der Waals surface area contributed by atoms with Crippen LogP contribution in [0.15, 0.2) is 30.0 Å². The van der Waals surface area contributed by atoms with E-state index in [-0.39, 0.29) is 11.5 Å². The number of rotatable bonds is 3. The first-order chi connectivity index (χ1) is 10.7. The quantitative estimate of drug-likeness (QED) is 0.498. The molecule has 1 fully saturated rings. The highest BCUT2D eigenvalue weighted by Crippen LogP contribution is 2.23. The molecular formula is C16H18N2O5. The molecule has 7 nitrogen and oxygen atoms in total. The van der Waals surface area contributed by atoms with Crippen LogP contribution in [-0.4, -0.2) is 30.7 Å². The summed E-state index contributed by atoms with van der Waals surface area (Å²) in [5, 5.41) is 5.40. The Kier molecular flexibility index (Phi) is 4.40. The standard InChI is InChI=1S/C16H18N2O5/c1-9-7-10(13(19)17-4)5-6-12(9)18-8-11-14(20)22-16(2,3)23-15(11)21/h5-8,18H,1-4H3,(H,17,19). The van der Waals surface area contributed by atoms with Gasteiger partial charge in [0.1, 0.15) is 0 Å². The first-order valence-electron chi connectivity index (χ1n) is 6.99. The van der Waals surface area contributed by atoms with E-state index >= 15 is 0 Å². The third-order valence-electron chi connectivity index (χ3n) is 3.20. The topological polar surface area (TPSA) is 93.7 Å². The number of hydrogen-bond acceptors (Lipinski definition) is 6. The van der Waals surface area contributed by atoms with Gasteiger partial charge in [-0.25, -0.2) is 9.59 Å². The maximum atomic E-state index is 11.8. The Labute approximate surface area is 133 Å². The molecule has 1 aromatic rings. The van der Waals surface area contributed by atoms with E-state index in [1.807, 2.05) is 0 Å². The van der Waals surface area contributed by atoms with Gasteiger partial charge in [0.2, 0.25) is 0 Å². The summed E-state index contributed by atoms with van der Waals surface area (Å²) in [5.74, 6) is -2.97. The van der Waals surface area contributed by atoms with E-state index in [1.165, 1.54) is 20.0 Å². The van der Waals surface area contributed by atoms with E-state index in [9.17, 15) is 14.4 Å². The van der Waals surface area contributed by atoms with Gasteiger partial charge in [-0.3, -0.25) is 4.79 Å². The van der Waals surface area contributed by atoms with Crippen LogP contribution in [0, 0.1) is 6.92 Å². The lowest BCUT2D eigenvalue weighted by atomic mass is 10.1. The van der Waals surface area contributed by atoms with Gasteiger partial charge < -0.3 is 20.1 Å². The molecule has 1 amide bonds. The molecule has 122 valence electrons. The van der Waals surface area contributed by atoms with E-state index in [4.69, 9.17) is 9.47 Å². The second-order valence-electron chi connectivity index (χ2n) is 5.49. The number of anilines is 1. The fraction of sp³-hybridized carbons (Fsp3) is 0.312. The van der Waals surface area contributed by atoms with Crippen LogP contribution in [0.3, 0.4) is 0 Å². The zero-order valence-corrected chi connectivity index (χ0v) is 13.4. The SMILES string of the molecule is CNC(=O)c1ccc(NC=C2C(=O)OC(C)(C)OC2=O)c(C)c1. The highest BCUT2D eigenvalue weighted by molar-refractivity contribution is 6.15. The van der Waals surface area contributed by atoms with Gasteiger partial charge in [0.05, 0.1) is 0 Å². The van der Waals surface area contributed by atoms with Crippen LogP contribution in [0.4, 0.5) is 5.69 Å². The number of carbonyl (C=O) groups excluding carboxylic acids is 3. The van der Waals surface area contributed by atoms with Crippen LogP contribution < -0.4 is 10.6 Å². The molecule has 2 N–H and O–H groups in total. The molecule has 0 unspecified atom stereocenters. The number of hydrogen-bond donors (Lipinski definition) is 2. The van der Waals surface area contributed by atoms with E-state index in [0.29, 0.717) is 11.3 Å². The second-order valence-corrected chi connectivity index (χ2v) is 5.49. The Morgan fingerprint density at radius 1 is 1.17 bits per heavy atom. The highest BCUT2D eigenvalue weighted by Gasteiger charge is 2.38. The van der Waals surface area contributed by atoms with Crippen molar-refractivity contribution in [3.05, 3.63) is 41.1 Å². The number of cyclic esters (lactones) is 2.